The molecule has 0 radical (unpaired) electrons. The largest absolute Gasteiger partial charge is 0.390 e. The number of aliphatic hydroxyl groups is 2. The van der Waals surface area contributed by atoms with Crippen molar-refractivity contribution >= 4 is 22.8 Å². The Bertz CT molecular complexity index is 883. The van der Waals surface area contributed by atoms with Gasteiger partial charge in [-0.15, -0.1) is 0 Å². The maximum Gasteiger partial charge on any atom is 0.224 e. The van der Waals surface area contributed by atoms with Crippen LogP contribution in [0.5, 0.6) is 0 Å². The SMILES string of the molecule is C[C@H]1[C@H](O)[C@@H](O)[C@H]2CN(c3ncnc4[nH]ncc34)C[C@@H]2[C@H]1C(=O)NC1CCC1. The number of carbonyl (C=O) groups is 1. The summed E-state index contributed by atoms with van der Waals surface area (Å²) >= 11 is 0. The lowest BCUT2D eigenvalue weighted by atomic mass is 9.65. The molecule has 0 aromatic carbocycles. The van der Waals surface area contributed by atoms with Crippen LogP contribution in [-0.2, 0) is 4.79 Å². The van der Waals surface area contributed by atoms with Crippen LogP contribution >= 0.6 is 0 Å². The number of rotatable bonds is 3. The Morgan fingerprint density at radius 2 is 2.00 bits per heavy atom. The maximum absolute atomic E-state index is 13.1. The number of H-pyrrole nitrogens is 1. The molecule has 3 heterocycles. The van der Waals surface area contributed by atoms with Crippen molar-refractivity contribution in [2.75, 3.05) is 18.0 Å². The highest BCUT2D eigenvalue weighted by Crippen LogP contribution is 2.45. The van der Waals surface area contributed by atoms with Gasteiger partial charge in [-0.05, 0) is 31.1 Å². The van der Waals surface area contributed by atoms with Crippen LogP contribution in [0.3, 0.4) is 0 Å². The van der Waals surface area contributed by atoms with Gasteiger partial charge in [-0.2, -0.15) is 5.10 Å². The third-order valence-corrected chi connectivity index (χ3v) is 7.05. The lowest BCUT2D eigenvalue weighted by Crippen LogP contribution is -2.57. The third-order valence-electron chi connectivity index (χ3n) is 7.05. The Morgan fingerprint density at radius 1 is 1.21 bits per heavy atom. The molecule has 2 aromatic heterocycles. The van der Waals surface area contributed by atoms with Crippen molar-refractivity contribution in [2.45, 2.75) is 44.4 Å². The van der Waals surface area contributed by atoms with Crippen molar-refractivity contribution in [1.29, 1.82) is 0 Å². The van der Waals surface area contributed by atoms with E-state index in [1.54, 1.807) is 6.20 Å². The van der Waals surface area contributed by atoms with Crippen molar-refractivity contribution in [3.8, 4) is 0 Å². The van der Waals surface area contributed by atoms with Crippen LogP contribution in [0.4, 0.5) is 5.82 Å². The second kappa shape index (κ2) is 6.66. The normalized spacial score (nSPS) is 35.6. The predicted octanol–water partition coefficient (Wildman–Crippen LogP) is 0.0617. The molecule has 2 saturated carbocycles. The van der Waals surface area contributed by atoms with E-state index in [1.165, 1.54) is 6.33 Å². The highest BCUT2D eigenvalue weighted by molar-refractivity contribution is 5.86. The number of amides is 1. The minimum absolute atomic E-state index is 0.0103. The molecule has 5 rings (SSSR count). The fourth-order valence-electron chi connectivity index (χ4n) is 5.22. The summed E-state index contributed by atoms with van der Waals surface area (Å²) in [7, 11) is 0. The second-order valence-electron chi connectivity index (χ2n) is 8.56. The molecule has 0 spiro atoms. The van der Waals surface area contributed by atoms with Gasteiger partial charge in [0.15, 0.2) is 5.65 Å². The van der Waals surface area contributed by atoms with E-state index >= 15 is 0 Å². The number of hydrogen-bond donors (Lipinski definition) is 4. The van der Waals surface area contributed by atoms with E-state index in [0.29, 0.717) is 18.7 Å². The van der Waals surface area contributed by atoms with Crippen LogP contribution in [0.15, 0.2) is 12.5 Å². The van der Waals surface area contributed by atoms with Gasteiger partial charge in [0.25, 0.3) is 0 Å². The molecule has 150 valence electrons. The molecule has 4 N–H and O–H groups in total. The number of carbonyl (C=O) groups excluding carboxylic acids is 1. The van der Waals surface area contributed by atoms with E-state index < -0.39 is 12.2 Å². The number of nitrogens with zero attached hydrogens (tertiary/aromatic N) is 4. The first-order valence-electron chi connectivity index (χ1n) is 10.1. The van der Waals surface area contributed by atoms with Gasteiger partial charge in [0.1, 0.15) is 12.1 Å². The van der Waals surface area contributed by atoms with Gasteiger partial charge in [-0.1, -0.05) is 6.92 Å². The van der Waals surface area contributed by atoms with Crippen LogP contribution in [0.2, 0.25) is 0 Å². The minimum Gasteiger partial charge on any atom is -0.390 e. The molecular weight excluding hydrogens is 360 g/mol. The molecule has 1 aliphatic heterocycles. The zero-order valence-electron chi connectivity index (χ0n) is 15.8. The Hall–Kier alpha value is -2.26. The highest BCUT2D eigenvalue weighted by Gasteiger charge is 2.54. The van der Waals surface area contributed by atoms with Gasteiger partial charge in [0.05, 0.1) is 23.8 Å². The Morgan fingerprint density at radius 3 is 2.75 bits per heavy atom. The lowest BCUT2D eigenvalue weighted by Gasteiger charge is -2.44. The van der Waals surface area contributed by atoms with Gasteiger partial charge in [0.2, 0.25) is 5.91 Å². The van der Waals surface area contributed by atoms with Crippen LogP contribution < -0.4 is 10.2 Å². The highest BCUT2D eigenvalue weighted by atomic mass is 16.3. The second-order valence-corrected chi connectivity index (χ2v) is 8.56. The van der Waals surface area contributed by atoms with Crippen molar-refractivity contribution in [3.63, 3.8) is 0 Å². The minimum atomic E-state index is -0.905. The molecule has 2 aliphatic carbocycles. The maximum atomic E-state index is 13.1. The molecule has 9 nitrogen and oxygen atoms in total. The fraction of sp³-hybridized carbons (Fsp3) is 0.684. The molecule has 3 aliphatic rings. The number of hydrogen-bond acceptors (Lipinski definition) is 7. The molecular formula is C19H26N6O3. The van der Waals surface area contributed by atoms with Crippen molar-refractivity contribution in [3.05, 3.63) is 12.5 Å². The first-order valence-corrected chi connectivity index (χ1v) is 10.1. The summed E-state index contributed by atoms with van der Waals surface area (Å²) in [6.07, 6.45) is 4.64. The van der Waals surface area contributed by atoms with Gasteiger partial charge in [-0.25, -0.2) is 9.97 Å². The summed E-state index contributed by atoms with van der Waals surface area (Å²) < 4.78 is 0. The Labute approximate surface area is 162 Å². The van der Waals surface area contributed by atoms with E-state index in [-0.39, 0.29) is 35.6 Å². The van der Waals surface area contributed by atoms with Gasteiger partial charge in [0, 0.05) is 31.0 Å². The van der Waals surface area contributed by atoms with E-state index in [4.69, 9.17) is 0 Å². The molecule has 1 amide bonds. The average molecular weight is 386 g/mol. The van der Waals surface area contributed by atoms with Crippen molar-refractivity contribution in [1.82, 2.24) is 25.5 Å². The molecule has 0 unspecified atom stereocenters. The van der Waals surface area contributed by atoms with Gasteiger partial charge >= 0.3 is 0 Å². The predicted molar refractivity (Wildman–Crippen MR) is 101 cm³/mol. The van der Waals surface area contributed by atoms with Crippen LogP contribution in [0, 0.1) is 23.7 Å². The molecule has 0 bridgehead atoms. The number of fused-ring (bicyclic) bond motifs is 2. The smallest absolute Gasteiger partial charge is 0.224 e. The lowest BCUT2D eigenvalue weighted by molar-refractivity contribution is -0.146. The van der Waals surface area contributed by atoms with Crippen LogP contribution in [-0.4, -0.2) is 67.6 Å². The summed E-state index contributed by atoms with van der Waals surface area (Å²) in [6, 6.07) is 0.257. The summed E-state index contributed by atoms with van der Waals surface area (Å²) in [5, 5.41) is 32.2. The molecule has 28 heavy (non-hydrogen) atoms. The quantitative estimate of drug-likeness (QED) is 0.587. The van der Waals surface area contributed by atoms with E-state index in [0.717, 1.165) is 30.5 Å². The van der Waals surface area contributed by atoms with Crippen molar-refractivity contribution in [2.24, 2.45) is 23.7 Å². The average Bonchev–Trinajstić information content (AvgIpc) is 3.30. The summed E-state index contributed by atoms with van der Waals surface area (Å²) in [5.74, 6) is -0.0752. The number of aromatic nitrogens is 4. The van der Waals surface area contributed by atoms with Crippen LogP contribution in [0.25, 0.3) is 11.0 Å². The first-order chi connectivity index (χ1) is 13.5. The standard InChI is InChI=1S/C19H26N6O3/c1-9-14(19(28)23-10-3-2-4-10)12-6-25(7-13(12)16(27)15(9)26)18-11-5-22-24-17(11)20-8-21-18/h5,8-10,12-16,26-27H,2-4,6-7H2,1H3,(H,23,28)(H,20,21,22,24)/t9-,12+,13+,14+,15+,16+/m1/s1. The molecule has 3 fully saturated rings. The van der Waals surface area contributed by atoms with Gasteiger partial charge < -0.3 is 20.4 Å². The topological polar surface area (TPSA) is 127 Å². The van der Waals surface area contributed by atoms with E-state index in [1.807, 2.05) is 6.92 Å². The molecule has 6 atom stereocenters. The number of anilines is 1. The van der Waals surface area contributed by atoms with Crippen LogP contribution in [0.1, 0.15) is 26.2 Å². The fourth-order valence-corrected chi connectivity index (χ4v) is 5.22. The van der Waals surface area contributed by atoms with Crippen molar-refractivity contribution < 1.29 is 15.0 Å². The molecule has 1 saturated heterocycles. The zero-order valence-corrected chi connectivity index (χ0v) is 15.8. The van der Waals surface area contributed by atoms with Gasteiger partial charge in [-0.3, -0.25) is 9.89 Å². The Kier molecular flexibility index (Phi) is 4.24. The molecule has 2 aromatic rings. The summed E-state index contributed by atoms with van der Waals surface area (Å²) in [5.41, 5.74) is 0.660. The number of aromatic amines is 1. The first kappa shape index (κ1) is 17.8. The number of aliphatic hydroxyl groups excluding tert-OH is 2. The summed E-state index contributed by atoms with van der Waals surface area (Å²) in [4.78, 5) is 23.8. The Balaban J connectivity index is 1.44. The van der Waals surface area contributed by atoms with E-state index in [2.05, 4.69) is 30.4 Å². The number of nitrogens with one attached hydrogen (secondary N) is 2. The van der Waals surface area contributed by atoms with E-state index in [9.17, 15) is 15.0 Å². The zero-order chi connectivity index (χ0) is 19.4. The third kappa shape index (κ3) is 2.68. The monoisotopic (exact) mass is 386 g/mol. The molecule has 9 heteroatoms. The summed E-state index contributed by atoms with van der Waals surface area (Å²) in [6.45, 7) is 3.02.